The molecule has 1 heterocycles. The Hall–Kier alpha value is -3.98. The maximum atomic E-state index is 12.2. The highest BCUT2D eigenvalue weighted by atomic mass is 16.5. The number of hydrogen-bond acceptors (Lipinski definition) is 5. The number of carbonyl (C=O) groups is 1. The summed E-state index contributed by atoms with van der Waals surface area (Å²) in [5, 5.41) is 12.0. The minimum absolute atomic E-state index is 0.0172. The van der Waals surface area contributed by atoms with E-state index >= 15 is 0 Å². The number of furan rings is 1. The van der Waals surface area contributed by atoms with Crippen molar-refractivity contribution in [2.45, 2.75) is 32.7 Å². The molecule has 0 radical (unpaired) electrons. The first-order valence-electron chi connectivity index (χ1n) is 11.0. The molecular formula is C27H28N2O4. The second-order valence-corrected chi connectivity index (χ2v) is 7.54. The molecule has 1 unspecified atom stereocenters. The van der Waals surface area contributed by atoms with Gasteiger partial charge in [0.15, 0.2) is 0 Å². The quantitative estimate of drug-likeness (QED) is 0.241. The number of carbonyl (C=O) groups excluding carboxylic acids is 1. The van der Waals surface area contributed by atoms with Gasteiger partial charge in [-0.05, 0) is 59.9 Å². The van der Waals surface area contributed by atoms with Crippen LogP contribution < -0.4 is 14.8 Å². The van der Waals surface area contributed by atoms with Gasteiger partial charge in [-0.2, -0.15) is 5.26 Å². The van der Waals surface area contributed by atoms with Crippen LogP contribution in [0.25, 0.3) is 6.08 Å². The lowest BCUT2D eigenvalue weighted by molar-refractivity contribution is -0.117. The predicted molar refractivity (Wildman–Crippen MR) is 127 cm³/mol. The van der Waals surface area contributed by atoms with Crippen LogP contribution in [-0.2, 0) is 11.3 Å². The molecule has 0 saturated heterocycles. The first-order chi connectivity index (χ1) is 16.1. The molecule has 0 aliphatic carbocycles. The van der Waals surface area contributed by atoms with Crippen LogP contribution in [0.15, 0.2) is 76.9 Å². The molecule has 0 spiro atoms. The first kappa shape index (κ1) is 23.7. The van der Waals surface area contributed by atoms with Crippen molar-refractivity contribution < 1.29 is 18.7 Å². The molecule has 6 heteroatoms. The number of benzene rings is 2. The highest BCUT2D eigenvalue weighted by Gasteiger charge is 2.10. The van der Waals surface area contributed by atoms with E-state index in [1.165, 1.54) is 17.9 Å². The van der Waals surface area contributed by atoms with Crippen LogP contribution >= 0.6 is 0 Å². The van der Waals surface area contributed by atoms with Gasteiger partial charge in [-0.15, -0.1) is 0 Å². The number of rotatable bonds is 11. The molecule has 1 amide bonds. The van der Waals surface area contributed by atoms with Gasteiger partial charge >= 0.3 is 0 Å². The van der Waals surface area contributed by atoms with Crippen LogP contribution in [0.2, 0.25) is 0 Å². The Labute approximate surface area is 194 Å². The summed E-state index contributed by atoms with van der Waals surface area (Å²) in [4.78, 5) is 12.2. The van der Waals surface area contributed by atoms with Crippen LogP contribution in [0, 0.1) is 11.3 Å². The van der Waals surface area contributed by atoms with Crippen molar-refractivity contribution >= 4 is 12.0 Å². The molecule has 170 valence electrons. The fourth-order valence-electron chi connectivity index (χ4n) is 3.20. The van der Waals surface area contributed by atoms with Gasteiger partial charge in [-0.25, -0.2) is 0 Å². The summed E-state index contributed by atoms with van der Waals surface area (Å²) in [6.07, 6.45) is 4.12. The number of nitriles is 1. The molecule has 3 aromatic rings. The van der Waals surface area contributed by atoms with Crippen LogP contribution in [0.1, 0.15) is 43.1 Å². The van der Waals surface area contributed by atoms with Gasteiger partial charge in [0.2, 0.25) is 0 Å². The van der Waals surface area contributed by atoms with Gasteiger partial charge in [0.05, 0.1) is 12.8 Å². The maximum Gasteiger partial charge on any atom is 0.262 e. The Bertz CT molecular complexity index is 1100. The summed E-state index contributed by atoms with van der Waals surface area (Å²) in [6.45, 7) is 5.42. The lowest BCUT2D eigenvalue weighted by Crippen LogP contribution is -2.23. The van der Waals surface area contributed by atoms with E-state index in [-0.39, 0.29) is 12.1 Å². The Morgan fingerprint density at radius 3 is 2.55 bits per heavy atom. The molecule has 0 bridgehead atoms. The summed E-state index contributed by atoms with van der Waals surface area (Å²) in [5.74, 6) is 2.18. The van der Waals surface area contributed by atoms with Gasteiger partial charge in [0.1, 0.15) is 42.1 Å². The fourth-order valence-corrected chi connectivity index (χ4v) is 3.20. The first-order valence-corrected chi connectivity index (χ1v) is 11.0. The van der Waals surface area contributed by atoms with Crippen molar-refractivity contribution in [3.63, 3.8) is 0 Å². The van der Waals surface area contributed by atoms with Crippen molar-refractivity contribution in [1.29, 1.82) is 5.26 Å². The third kappa shape index (κ3) is 7.01. The fraction of sp³-hybridized carbons (Fsp3) is 0.259. The summed E-state index contributed by atoms with van der Waals surface area (Å²) in [5.41, 5.74) is 1.95. The van der Waals surface area contributed by atoms with Crippen molar-refractivity contribution in [1.82, 2.24) is 5.32 Å². The Morgan fingerprint density at radius 1 is 1.09 bits per heavy atom. The van der Waals surface area contributed by atoms with Gasteiger partial charge in [0.25, 0.3) is 5.91 Å². The minimum atomic E-state index is -0.455. The van der Waals surface area contributed by atoms with Crippen molar-refractivity contribution in [3.8, 4) is 17.6 Å². The standard InChI is InChI=1S/C27H28N2O4/c1-3-20(2)25-8-4-5-9-26(25)33-16-15-32-23-12-10-21(11-13-23)17-22(18-28)27(30)29-19-24-7-6-14-31-24/h4-14,17,20H,3,15-16,19H2,1-2H3,(H,29,30)/b22-17+. The number of nitrogens with one attached hydrogen (secondary N) is 1. The van der Waals surface area contributed by atoms with Crippen LogP contribution in [0.4, 0.5) is 0 Å². The van der Waals surface area contributed by atoms with E-state index in [1.54, 1.807) is 36.4 Å². The zero-order valence-electron chi connectivity index (χ0n) is 18.9. The molecule has 0 fully saturated rings. The number of hydrogen-bond donors (Lipinski definition) is 1. The largest absolute Gasteiger partial charge is 0.490 e. The van der Waals surface area contributed by atoms with E-state index in [1.807, 2.05) is 24.3 Å². The molecule has 0 aliphatic heterocycles. The van der Waals surface area contributed by atoms with E-state index in [4.69, 9.17) is 13.9 Å². The van der Waals surface area contributed by atoms with E-state index in [9.17, 15) is 10.1 Å². The zero-order chi connectivity index (χ0) is 23.5. The van der Waals surface area contributed by atoms with Gasteiger partial charge in [-0.3, -0.25) is 4.79 Å². The van der Waals surface area contributed by atoms with Crippen LogP contribution in [0.5, 0.6) is 11.5 Å². The molecule has 2 aromatic carbocycles. The summed E-state index contributed by atoms with van der Waals surface area (Å²) >= 11 is 0. The second kappa shape index (κ2) is 12.2. The average molecular weight is 445 g/mol. The Kier molecular flexibility index (Phi) is 8.72. The normalized spacial score (nSPS) is 12.0. The zero-order valence-corrected chi connectivity index (χ0v) is 18.9. The SMILES string of the molecule is CCC(C)c1ccccc1OCCOc1ccc(/C=C(\C#N)C(=O)NCc2ccco2)cc1. The topological polar surface area (TPSA) is 84.5 Å². The van der Waals surface area contributed by atoms with E-state index in [0.29, 0.717) is 30.6 Å². The lowest BCUT2D eigenvalue weighted by Gasteiger charge is -2.16. The molecule has 1 aromatic heterocycles. The van der Waals surface area contributed by atoms with Crippen molar-refractivity contribution in [3.05, 3.63) is 89.4 Å². The number of nitrogens with zero attached hydrogens (tertiary/aromatic N) is 1. The smallest absolute Gasteiger partial charge is 0.262 e. The van der Waals surface area contributed by atoms with Crippen LogP contribution in [-0.4, -0.2) is 19.1 Å². The Balaban J connectivity index is 1.49. The second-order valence-electron chi connectivity index (χ2n) is 7.54. The minimum Gasteiger partial charge on any atom is -0.490 e. The third-order valence-corrected chi connectivity index (χ3v) is 5.23. The molecule has 3 rings (SSSR count). The van der Waals surface area contributed by atoms with Gasteiger partial charge in [-0.1, -0.05) is 44.2 Å². The van der Waals surface area contributed by atoms with E-state index in [2.05, 4.69) is 25.2 Å². The summed E-state index contributed by atoms with van der Waals surface area (Å²) < 4.78 is 16.9. The molecule has 6 nitrogen and oxygen atoms in total. The van der Waals surface area contributed by atoms with Crippen LogP contribution in [0.3, 0.4) is 0 Å². The average Bonchev–Trinajstić information content (AvgIpc) is 3.38. The van der Waals surface area contributed by atoms with Gasteiger partial charge < -0.3 is 19.2 Å². The number of amides is 1. The molecule has 0 aliphatic rings. The molecule has 33 heavy (non-hydrogen) atoms. The Morgan fingerprint density at radius 2 is 1.85 bits per heavy atom. The highest BCUT2D eigenvalue weighted by molar-refractivity contribution is 6.01. The number of para-hydroxylation sites is 1. The summed E-state index contributed by atoms with van der Waals surface area (Å²) in [7, 11) is 0. The third-order valence-electron chi connectivity index (χ3n) is 5.23. The monoisotopic (exact) mass is 444 g/mol. The molecule has 1 N–H and O–H groups in total. The van der Waals surface area contributed by atoms with E-state index in [0.717, 1.165) is 17.7 Å². The summed E-state index contributed by atoms with van der Waals surface area (Å²) in [6, 6.07) is 20.7. The number of ether oxygens (including phenoxy) is 2. The molecule has 0 saturated carbocycles. The maximum absolute atomic E-state index is 12.2. The highest BCUT2D eigenvalue weighted by Crippen LogP contribution is 2.28. The molecular weight excluding hydrogens is 416 g/mol. The van der Waals surface area contributed by atoms with Crippen molar-refractivity contribution in [2.24, 2.45) is 0 Å². The van der Waals surface area contributed by atoms with Crippen molar-refractivity contribution in [2.75, 3.05) is 13.2 Å². The lowest BCUT2D eigenvalue weighted by atomic mass is 9.98. The van der Waals surface area contributed by atoms with Gasteiger partial charge in [0, 0.05) is 0 Å². The molecule has 1 atom stereocenters. The van der Waals surface area contributed by atoms with E-state index < -0.39 is 5.91 Å². The predicted octanol–water partition coefficient (Wildman–Crippen LogP) is 5.47.